The molecule has 6 nitrogen and oxygen atoms in total. The molecule has 2 atom stereocenters. The number of hydrogen-bond donors (Lipinski definition) is 1. The molecule has 0 aromatic heterocycles. The maximum Gasteiger partial charge on any atom is 0.326 e. The van der Waals surface area contributed by atoms with E-state index in [2.05, 4.69) is 0 Å². The highest BCUT2D eigenvalue weighted by Gasteiger charge is 2.37. The van der Waals surface area contributed by atoms with E-state index in [4.69, 9.17) is 0 Å². The molecule has 21 heavy (non-hydrogen) atoms. The van der Waals surface area contributed by atoms with Crippen LogP contribution in [0.1, 0.15) is 19.8 Å². The van der Waals surface area contributed by atoms with Gasteiger partial charge in [0.25, 0.3) is 5.69 Å². The normalized spacial score (nSPS) is 22.1. The summed E-state index contributed by atoms with van der Waals surface area (Å²) in [4.78, 5) is 23.5. The first kappa shape index (κ1) is 15.9. The van der Waals surface area contributed by atoms with E-state index in [0.717, 1.165) is 25.0 Å². The first-order chi connectivity index (χ1) is 9.82. The Morgan fingerprint density at radius 3 is 2.81 bits per heavy atom. The lowest BCUT2D eigenvalue weighted by Crippen LogP contribution is -2.49. The first-order valence-electron chi connectivity index (χ1n) is 6.45. The van der Waals surface area contributed by atoms with Gasteiger partial charge in [-0.1, -0.05) is 6.92 Å². The molecule has 8 heteroatoms. The number of carboxylic acids is 1. The van der Waals surface area contributed by atoms with Crippen molar-refractivity contribution in [2.45, 2.75) is 25.8 Å². The molecule has 1 saturated heterocycles. The molecule has 1 aromatic rings. The molecule has 114 valence electrons. The van der Waals surface area contributed by atoms with Crippen LogP contribution in [-0.4, -0.2) is 28.6 Å². The minimum atomic E-state index is -1.05. The van der Waals surface area contributed by atoms with Crippen molar-refractivity contribution in [1.82, 2.24) is 0 Å². The lowest BCUT2D eigenvalue weighted by molar-refractivity contribution is -0.384. The summed E-state index contributed by atoms with van der Waals surface area (Å²) < 4.78 is 13.9. The SMILES string of the molecule is CC1CCCN(c2cc(F)c(I)cc2[N+](=O)[O-])C1C(=O)O. The van der Waals surface area contributed by atoms with Crippen LogP contribution in [0, 0.1) is 25.4 Å². The second-order valence-electron chi connectivity index (χ2n) is 5.11. The third kappa shape index (κ3) is 3.09. The zero-order valence-electron chi connectivity index (χ0n) is 11.3. The summed E-state index contributed by atoms with van der Waals surface area (Å²) in [6.07, 6.45) is 1.45. The molecule has 2 unspecified atom stereocenters. The van der Waals surface area contributed by atoms with Crippen LogP contribution < -0.4 is 4.90 Å². The Labute approximate surface area is 134 Å². The van der Waals surface area contributed by atoms with E-state index in [0.29, 0.717) is 6.54 Å². The number of anilines is 1. The van der Waals surface area contributed by atoms with Gasteiger partial charge in [-0.3, -0.25) is 10.1 Å². The molecule has 1 aliphatic rings. The summed E-state index contributed by atoms with van der Waals surface area (Å²) in [5, 5.41) is 20.6. The molecule has 2 rings (SSSR count). The largest absolute Gasteiger partial charge is 0.480 e. The van der Waals surface area contributed by atoms with Crippen LogP contribution >= 0.6 is 22.6 Å². The predicted octanol–water partition coefficient (Wildman–Crippen LogP) is 3.03. The van der Waals surface area contributed by atoms with Crippen molar-refractivity contribution >= 4 is 39.9 Å². The number of halogens is 2. The van der Waals surface area contributed by atoms with E-state index in [1.807, 2.05) is 0 Å². The third-order valence-corrected chi connectivity index (χ3v) is 4.54. The summed E-state index contributed by atoms with van der Waals surface area (Å²) in [6.45, 7) is 2.15. The van der Waals surface area contributed by atoms with Crippen molar-refractivity contribution in [1.29, 1.82) is 0 Å². The highest BCUT2D eigenvalue weighted by molar-refractivity contribution is 14.1. The van der Waals surface area contributed by atoms with Gasteiger partial charge in [-0.2, -0.15) is 0 Å². The van der Waals surface area contributed by atoms with E-state index < -0.39 is 22.8 Å². The van der Waals surface area contributed by atoms with E-state index in [9.17, 15) is 24.4 Å². The van der Waals surface area contributed by atoms with Gasteiger partial charge in [-0.25, -0.2) is 9.18 Å². The molecular formula is C13H14FIN2O4. The number of nitro benzene ring substituents is 1. The maximum absolute atomic E-state index is 13.8. The van der Waals surface area contributed by atoms with Crippen LogP contribution in [-0.2, 0) is 4.79 Å². The standard InChI is InChI=1S/C13H14FIN2O4/c1-7-3-2-4-16(12(7)13(18)19)10-5-8(14)9(15)6-11(10)17(20)21/h5-7,12H,2-4H2,1H3,(H,18,19). The highest BCUT2D eigenvalue weighted by atomic mass is 127. The van der Waals surface area contributed by atoms with Gasteiger partial charge >= 0.3 is 5.97 Å². The highest BCUT2D eigenvalue weighted by Crippen LogP contribution is 2.37. The van der Waals surface area contributed by atoms with Gasteiger partial charge in [0.2, 0.25) is 0 Å². The summed E-state index contributed by atoms with van der Waals surface area (Å²) >= 11 is 1.68. The van der Waals surface area contributed by atoms with E-state index in [1.54, 1.807) is 29.5 Å². The van der Waals surface area contributed by atoms with Crippen LogP contribution in [0.15, 0.2) is 12.1 Å². The van der Waals surface area contributed by atoms with Crippen molar-refractivity contribution in [3.63, 3.8) is 0 Å². The number of aliphatic carboxylic acids is 1. The Bertz CT molecular complexity index is 596. The van der Waals surface area contributed by atoms with Crippen molar-refractivity contribution in [3.8, 4) is 0 Å². The molecule has 0 radical (unpaired) electrons. The fourth-order valence-electron chi connectivity index (χ4n) is 2.74. The second kappa shape index (κ2) is 6.12. The fourth-order valence-corrected chi connectivity index (χ4v) is 3.19. The van der Waals surface area contributed by atoms with Crippen molar-refractivity contribution in [2.24, 2.45) is 5.92 Å². The number of benzene rings is 1. The molecule has 1 aromatic carbocycles. The van der Waals surface area contributed by atoms with Crippen LogP contribution in [0.2, 0.25) is 0 Å². The summed E-state index contributed by atoms with van der Waals surface area (Å²) in [5.74, 6) is -1.78. The summed E-state index contributed by atoms with van der Waals surface area (Å²) in [5.41, 5.74) is -0.224. The Balaban J connectivity index is 2.55. The molecular weight excluding hydrogens is 394 g/mol. The molecule has 0 spiro atoms. The number of carbonyl (C=O) groups is 1. The van der Waals surface area contributed by atoms with E-state index in [-0.39, 0.29) is 20.9 Å². The lowest BCUT2D eigenvalue weighted by Gasteiger charge is -2.38. The van der Waals surface area contributed by atoms with Gasteiger partial charge in [0.15, 0.2) is 0 Å². The summed E-state index contributed by atoms with van der Waals surface area (Å²) in [6, 6.07) is 1.33. The monoisotopic (exact) mass is 408 g/mol. The molecule has 1 fully saturated rings. The topological polar surface area (TPSA) is 83.7 Å². The van der Waals surface area contributed by atoms with E-state index in [1.165, 1.54) is 4.90 Å². The van der Waals surface area contributed by atoms with Crippen LogP contribution in [0.25, 0.3) is 0 Å². The van der Waals surface area contributed by atoms with Crippen molar-refractivity contribution < 1.29 is 19.2 Å². The van der Waals surface area contributed by atoms with Gasteiger partial charge in [0.1, 0.15) is 17.5 Å². The fraction of sp³-hybridized carbons (Fsp3) is 0.462. The Kier molecular flexibility index (Phi) is 4.64. The number of piperidine rings is 1. The van der Waals surface area contributed by atoms with Gasteiger partial charge in [0, 0.05) is 18.7 Å². The maximum atomic E-state index is 13.8. The molecule has 0 amide bonds. The van der Waals surface area contributed by atoms with Gasteiger partial charge < -0.3 is 10.0 Å². The molecule has 0 aliphatic carbocycles. The van der Waals surface area contributed by atoms with Gasteiger partial charge in [-0.05, 0) is 41.4 Å². The molecule has 1 heterocycles. The van der Waals surface area contributed by atoms with Crippen molar-refractivity contribution in [3.05, 3.63) is 31.6 Å². The first-order valence-corrected chi connectivity index (χ1v) is 7.53. The summed E-state index contributed by atoms with van der Waals surface area (Å²) in [7, 11) is 0. The van der Waals surface area contributed by atoms with Crippen LogP contribution in [0.3, 0.4) is 0 Å². The smallest absolute Gasteiger partial charge is 0.326 e. The zero-order valence-corrected chi connectivity index (χ0v) is 13.4. The average molecular weight is 408 g/mol. The average Bonchev–Trinajstić information content (AvgIpc) is 2.40. The number of rotatable bonds is 3. The Morgan fingerprint density at radius 1 is 1.57 bits per heavy atom. The Morgan fingerprint density at radius 2 is 2.24 bits per heavy atom. The minimum absolute atomic E-state index is 0.0388. The lowest BCUT2D eigenvalue weighted by atomic mass is 9.90. The number of hydrogen-bond acceptors (Lipinski definition) is 4. The van der Waals surface area contributed by atoms with Crippen LogP contribution in [0.5, 0.6) is 0 Å². The molecule has 0 saturated carbocycles. The number of carboxylic acid groups (broad SMARTS) is 1. The molecule has 1 aliphatic heterocycles. The second-order valence-corrected chi connectivity index (χ2v) is 6.27. The minimum Gasteiger partial charge on any atom is -0.480 e. The van der Waals surface area contributed by atoms with E-state index >= 15 is 0 Å². The van der Waals surface area contributed by atoms with Gasteiger partial charge in [0.05, 0.1) is 8.49 Å². The number of nitro groups is 1. The zero-order chi connectivity index (χ0) is 15.7. The molecule has 0 bridgehead atoms. The number of nitrogens with zero attached hydrogens (tertiary/aromatic N) is 2. The quantitative estimate of drug-likeness (QED) is 0.472. The Hall–Kier alpha value is -1.45. The van der Waals surface area contributed by atoms with Crippen molar-refractivity contribution in [2.75, 3.05) is 11.4 Å². The predicted molar refractivity (Wildman–Crippen MR) is 82.9 cm³/mol. The van der Waals surface area contributed by atoms with Gasteiger partial charge in [-0.15, -0.1) is 0 Å². The third-order valence-electron chi connectivity index (χ3n) is 3.71. The van der Waals surface area contributed by atoms with Crippen LogP contribution in [0.4, 0.5) is 15.8 Å². The molecule has 1 N–H and O–H groups in total.